The number of aliphatic hydroxyl groups excluding tert-OH is 1. The van der Waals surface area contributed by atoms with Crippen LogP contribution < -0.4 is 5.73 Å². The summed E-state index contributed by atoms with van der Waals surface area (Å²) in [6.07, 6.45) is 0.346. The Morgan fingerprint density at radius 3 is 2.00 bits per heavy atom. The SMILES string of the molecule is C[N+](C)(C)C(O)CCN. The van der Waals surface area contributed by atoms with Crippen molar-refractivity contribution in [2.24, 2.45) is 5.73 Å². The first-order valence-electron chi connectivity index (χ1n) is 3.17. The van der Waals surface area contributed by atoms with Gasteiger partial charge >= 0.3 is 0 Å². The molecule has 0 aliphatic heterocycles. The predicted molar refractivity (Wildman–Crippen MR) is 37.7 cm³/mol. The molecule has 0 fully saturated rings. The minimum Gasteiger partial charge on any atom is -0.345 e. The lowest BCUT2D eigenvalue weighted by molar-refractivity contribution is -0.918. The van der Waals surface area contributed by atoms with Gasteiger partial charge in [0.2, 0.25) is 0 Å². The summed E-state index contributed by atoms with van der Waals surface area (Å²) < 4.78 is 0.567. The van der Waals surface area contributed by atoms with E-state index >= 15 is 0 Å². The number of aliphatic hydroxyl groups is 1. The van der Waals surface area contributed by atoms with Crippen molar-refractivity contribution in [3.05, 3.63) is 0 Å². The fourth-order valence-corrected chi connectivity index (χ4v) is 0.536. The molecule has 0 aromatic rings. The Labute approximate surface area is 56.7 Å². The molecule has 3 nitrogen and oxygen atoms in total. The lowest BCUT2D eigenvalue weighted by atomic mass is 10.3. The highest BCUT2D eigenvalue weighted by Crippen LogP contribution is 2.01. The van der Waals surface area contributed by atoms with Crippen LogP contribution in [0, 0.1) is 0 Å². The van der Waals surface area contributed by atoms with E-state index in [-0.39, 0.29) is 6.23 Å². The molecule has 0 spiro atoms. The van der Waals surface area contributed by atoms with Crippen molar-refractivity contribution in [1.82, 2.24) is 0 Å². The predicted octanol–water partition coefficient (Wildman–Crippen LogP) is -0.640. The fraction of sp³-hybridized carbons (Fsp3) is 1.00. The highest BCUT2D eigenvalue weighted by molar-refractivity contribution is 4.40. The van der Waals surface area contributed by atoms with Crippen LogP contribution in [-0.4, -0.2) is 43.5 Å². The quantitative estimate of drug-likeness (QED) is 0.397. The van der Waals surface area contributed by atoms with Gasteiger partial charge in [-0.3, -0.25) is 0 Å². The van der Waals surface area contributed by atoms with Gasteiger partial charge in [-0.1, -0.05) is 0 Å². The number of rotatable bonds is 3. The Bertz CT molecular complexity index is 77.6. The van der Waals surface area contributed by atoms with Crippen molar-refractivity contribution in [3.63, 3.8) is 0 Å². The molecule has 0 saturated heterocycles. The number of hydrogen-bond acceptors (Lipinski definition) is 2. The lowest BCUT2D eigenvalue weighted by Gasteiger charge is -2.29. The zero-order valence-corrected chi connectivity index (χ0v) is 6.46. The first kappa shape index (κ1) is 8.88. The van der Waals surface area contributed by atoms with Gasteiger partial charge in [-0.05, 0) is 0 Å². The maximum atomic E-state index is 9.28. The average molecular weight is 133 g/mol. The molecule has 0 radical (unpaired) electrons. The third kappa shape index (κ3) is 3.46. The van der Waals surface area contributed by atoms with E-state index in [1.54, 1.807) is 0 Å². The van der Waals surface area contributed by atoms with Crippen molar-refractivity contribution in [2.75, 3.05) is 27.7 Å². The molecular weight excluding hydrogens is 116 g/mol. The summed E-state index contributed by atoms with van der Waals surface area (Å²) in [6.45, 7) is 0.552. The van der Waals surface area contributed by atoms with Crippen LogP contribution in [0.2, 0.25) is 0 Å². The van der Waals surface area contributed by atoms with Crippen LogP contribution in [0.3, 0.4) is 0 Å². The highest BCUT2D eigenvalue weighted by atomic mass is 16.3. The smallest absolute Gasteiger partial charge is 0.191 e. The van der Waals surface area contributed by atoms with Crippen molar-refractivity contribution in [1.29, 1.82) is 0 Å². The zero-order chi connectivity index (χ0) is 7.49. The molecule has 0 bridgehead atoms. The topological polar surface area (TPSA) is 46.2 Å². The van der Waals surface area contributed by atoms with Gasteiger partial charge in [-0.25, -0.2) is 0 Å². The van der Waals surface area contributed by atoms with Gasteiger partial charge in [0.15, 0.2) is 6.23 Å². The van der Waals surface area contributed by atoms with Crippen LogP contribution in [0.5, 0.6) is 0 Å². The second kappa shape index (κ2) is 3.15. The normalized spacial score (nSPS) is 15.7. The van der Waals surface area contributed by atoms with E-state index < -0.39 is 0 Å². The summed E-state index contributed by atoms with van der Waals surface area (Å²) in [7, 11) is 5.83. The second-order valence-corrected chi connectivity index (χ2v) is 3.17. The molecule has 1 atom stereocenters. The largest absolute Gasteiger partial charge is 0.345 e. The van der Waals surface area contributed by atoms with Crippen LogP contribution >= 0.6 is 0 Å². The Kier molecular flexibility index (Phi) is 3.11. The lowest BCUT2D eigenvalue weighted by Crippen LogP contribution is -2.45. The molecular formula is C6H17N2O+. The van der Waals surface area contributed by atoms with E-state index in [4.69, 9.17) is 5.73 Å². The van der Waals surface area contributed by atoms with Gasteiger partial charge in [0, 0.05) is 13.0 Å². The summed E-state index contributed by atoms with van der Waals surface area (Å²) >= 11 is 0. The van der Waals surface area contributed by atoms with E-state index in [0.717, 1.165) is 0 Å². The monoisotopic (exact) mass is 133 g/mol. The van der Waals surface area contributed by atoms with Crippen LogP contribution in [0.15, 0.2) is 0 Å². The summed E-state index contributed by atoms with van der Waals surface area (Å²) in [5.41, 5.74) is 5.26. The molecule has 3 N–H and O–H groups in total. The van der Waals surface area contributed by atoms with Gasteiger partial charge in [-0.15, -0.1) is 0 Å². The molecule has 0 aliphatic carbocycles. The molecule has 0 aromatic heterocycles. The second-order valence-electron chi connectivity index (χ2n) is 3.17. The summed E-state index contributed by atoms with van der Waals surface area (Å²) in [4.78, 5) is 0. The van der Waals surface area contributed by atoms with Crippen LogP contribution in [0.4, 0.5) is 0 Å². The Morgan fingerprint density at radius 2 is 1.89 bits per heavy atom. The summed E-state index contributed by atoms with van der Waals surface area (Å²) in [5, 5.41) is 9.28. The zero-order valence-electron chi connectivity index (χ0n) is 6.46. The molecule has 56 valence electrons. The van der Waals surface area contributed by atoms with Crippen molar-refractivity contribution in [3.8, 4) is 0 Å². The van der Waals surface area contributed by atoms with E-state index in [1.807, 2.05) is 21.1 Å². The third-order valence-electron chi connectivity index (χ3n) is 1.32. The first-order chi connectivity index (χ1) is 3.98. The van der Waals surface area contributed by atoms with Gasteiger partial charge in [0.05, 0.1) is 21.1 Å². The minimum absolute atomic E-state index is 0.324. The van der Waals surface area contributed by atoms with Crippen LogP contribution in [0.1, 0.15) is 6.42 Å². The number of nitrogens with zero attached hydrogens (tertiary/aromatic N) is 1. The molecule has 0 aliphatic rings. The van der Waals surface area contributed by atoms with Crippen LogP contribution in [-0.2, 0) is 0 Å². The molecule has 0 saturated carbocycles. The number of hydrogen-bond donors (Lipinski definition) is 2. The van der Waals surface area contributed by atoms with Gasteiger partial charge in [0.25, 0.3) is 0 Å². The molecule has 0 amide bonds. The summed E-state index contributed by atoms with van der Waals surface area (Å²) in [6, 6.07) is 0. The van der Waals surface area contributed by atoms with Crippen molar-refractivity contribution < 1.29 is 9.59 Å². The minimum atomic E-state index is -0.324. The Hall–Kier alpha value is -0.120. The molecule has 1 unspecified atom stereocenters. The highest BCUT2D eigenvalue weighted by Gasteiger charge is 2.18. The molecule has 9 heavy (non-hydrogen) atoms. The average Bonchev–Trinajstić information content (AvgIpc) is 1.64. The van der Waals surface area contributed by atoms with Crippen LogP contribution in [0.25, 0.3) is 0 Å². The van der Waals surface area contributed by atoms with E-state index in [2.05, 4.69) is 0 Å². The Morgan fingerprint density at radius 1 is 1.44 bits per heavy atom. The number of nitrogens with two attached hydrogens (primary N) is 1. The van der Waals surface area contributed by atoms with E-state index in [0.29, 0.717) is 17.4 Å². The van der Waals surface area contributed by atoms with Crippen molar-refractivity contribution in [2.45, 2.75) is 12.6 Å². The van der Waals surface area contributed by atoms with Gasteiger partial charge < -0.3 is 15.3 Å². The van der Waals surface area contributed by atoms with E-state index in [9.17, 15) is 5.11 Å². The van der Waals surface area contributed by atoms with Crippen molar-refractivity contribution >= 4 is 0 Å². The van der Waals surface area contributed by atoms with E-state index in [1.165, 1.54) is 0 Å². The maximum absolute atomic E-state index is 9.28. The molecule has 0 heterocycles. The fourth-order valence-electron chi connectivity index (χ4n) is 0.536. The standard InChI is InChI=1S/C6H17N2O/c1-8(2,3)6(9)4-5-7/h6,9H,4-5,7H2,1-3H3/q+1. The van der Waals surface area contributed by atoms with Gasteiger partial charge in [0.1, 0.15) is 0 Å². The van der Waals surface area contributed by atoms with Gasteiger partial charge in [-0.2, -0.15) is 0 Å². The third-order valence-corrected chi connectivity index (χ3v) is 1.32. The first-order valence-corrected chi connectivity index (χ1v) is 3.17. The molecule has 3 heteroatoms. The molecule has 0 aromatic carbocycles. The Balaban J connectivity index is 3.59. The summed E-state index contributed by atoms with van der Waals surface area (Å²) in [5.74, 6) is 0. The maximum Gasteiger partial charge on any atom is 0.191 e. The molecule has 0 rings (SSSR count). The number of quaternary nitrogens is 1.